The Kier molecular flexibility index (Phi) is 2.83. The number of hydrogen-bond acceptors (Lipinski definition) is 3. The van der Waals surface area contributed by atoms with Crippen LogP contribution in [-0.4, -0.2) is 10.3 Å². The Morgan fingerprint density at radius 1 is 1.33 bits per heavy atom. The maximum Gasteiger partial charge on any atom is 0.162 e. The van der Waals surface area contributed by atoms with Crippen molar-refractivity contribution in [3.05, 3.63) is 53.4 Å². The molecule has 0 amide bonds. The molecule has 2 aromatic rings. The van der Waals surface area contributed by atoms with E-state index in [1.807, 2.05) is 18.2 Å². The Morgan fingerprint density at radius 2 is 2.07 bits per heavy atom. The van der Waals surface area contributed by atoms with E-state index in [1.54, 1.807) is 6.07 Å². The molecular weight excluding hydrogens is 190 g/mol. The summed E-state index contributed by atoms with van der Waals surface area (Å²) < 4.78 is 4.96. The number of aromatic nitrogens is 1. The van der Waals surface area contributed by atoms with Crippen LogP contribution in [0.4, 0.5) is 0 Å². The van der Waals surface area contributed by atoms with E-state index in [9.17, 15) is 0 Å². The van der Waals surface area contributed by atoms with Crippen molar-refractivity contribution in [1.29, 1.82) is 0 Å². The van der Waals surface area contributed by atoms with E-state index in [0.717, 1.165) is 5.69 Å². The summed E-state index contributed by atoms with van der Waals surface area (Å²) in [7, 11) is 0. The van der Waals surface area contributed by atoms with Gasteiger partial charge in [0, 0.05) is 12.0 Å². The molecule has 1 atom stereocenters. The predicted octanol–water partition coefficient (Wildman–Crippen LogP) is 2.32. The zero-order valence-electron chi connectivity index (χ0n) is 8.55. The van der Waals surface area contributed by atoms with E-state index in [-0.39, 0.29) is 12.5 Å². The molecule has 3 heteroatoms. The molecule has 0 radical (unpaired) electrons. The maximum atomic E-state index is 8.87. The Balaban J connectivity index is 2.24. The topological polar surface area (TPSA) is 46.3 Å². The lowest BCUT2D eigenvalue weighted by Crippen LogP contribution is -1.95. The van der Waals surface area contributed by atoms with Crippen molar-refractivity contribution >= 4 is 0 Å². The van der Waals surface area contributed by atoms with Gasteiger partial charge < -0.3 is 9.63 Å². The second-order valence-electron chi connectivity index (χ2n) is 3.51. The third kappa shape index (κ3) is 2.07. The molecule has 3 nitrogen and oxygen atoms in total. The van der Waals surface area contributed by atoms with Gasteiger partial charge in [-0.2, -0.15) is 0 Å². The van der Waals surface area contributed by atoms with Crippen LogP contribution in [-0.2, 0) is 6.61 Å². The summed E-state index contributed by atoms with van der Waals surface area (Å²) in [6, 6.07) is 11.9. The molecule has 0 saturated carbocycles. The third-order valence-corrected chi connectivity index (χ3v) is 2.48. The fraction of sp³-hybridized carbons (Fsp3) is 0.250. The molecule has 0 bridgehead atoms. The van der Waals surface area contributed by atoms with Crippen LogP contribution in [0.2, 0.25) is 0 Å². The molecule has 1 N–H and O–H groups in total. The summed E-state index contributed by atoms with van der Waals surface area (Å²) in [5.41, 5.74) is 2.04. The average Bonchev–Trinajstić information content (AvgIpc) is 2.78. The second-order valence-corrected chi connectivity index (χ2v) is 3.51. The van der Waals surface area contributed by atoms with Gasteiger partial charge >= 0.3 is 0 Å². The van der Waals surface area contributed by atoms with Crippen molar-refractivity contribution in [3.8, 4) is 0 Å². The number of rotatable bonds is 3. The first-order chi connectivity index (χ1) is 7.31. The van der Waals surface area contributed by atoms with Crippen molar-refractivity contribution in [2.24, 2.45) is 0 Å². The quantitative estimate of drug-likeness (QED) is 0.832. The van der Waals surface area contributed by atoms with Gasteiger partial charge in [-0.3, -0.25) is 0 Å². The van der Waals surface area contributed by atoms with Crippen LogP contribution in [0.25, 0.3) is 0 Å². The Hall–Kier alpha value is -1.61. The van der Waals surface area contributed by atoms with Gasteiger partial charge in [0.2, 0.25) is 0 Å². The number of aliphatic hydroxyl groups excluding tert-OH is 1. The fourth-order valence-electron chi connectivity index (χ4n) is 1.52. The molecule has 0 aliphatic heterocycles. The van der Waals surface area contributed by atoms with Crippen LogP contribution in [0, 0.1) is 0 Å². The number of aliphatic hydroxyl groups is 1. The highest BCUT2D eigenvalue weighted by Crippen LogP contribution is 2.23. The molecule has 0 aliphatic carbocycles. The lowest BCUT2D eigenvalue weighted by Gasteiger charge is -2.06. The zero-order valence-corrected chi connectivity index (χ0v) is 8.55. The molecule has 0 spiro atoms. The minimum atomic E-state index is -0.103. The van der Waals surface area contributed by atoms with Crippen LogP contribution in [0.15, 0.2) is 40.9 Å². The number of benzene rings is 1. The minimum Gasteiger partial charge on any atom is -0.388 e. The van der Waals surface area contributed by atoms with E-state index in [2.05, 4.69) is 24.2 Å². The first-order valence-corrected chi connectivity index (χ1v) is 4.92. The van der Waals surface area contributed by atoms with Gasteiger partial charge in [0.25, 0.3) is 0 Å². The van der Waals surface area contributed by atoms with Gasteiger partial charge in [0.15, 0.2) is 5.76 Å². The molecule has 1 aromatic carbocycles. The van der Waals surface area contributed by atoms with Crippen molar-refractivity contribution in [3.63, 3.8) is 0 Å². The van der Waals surface area contributed by atoms with E-state index in [4.69, 9.17) is 9.63 Å². The second kappa shape index (κ2) is 4.28. The Labute approximate surface area is 88.3 Å². The van der Waals surface area contributed by atoms with E-state index in [1.165, 1.54) is 5.56 Å². The van der Waals surface area contributed by atoms with Crippen molar-refractivity contribution < 1.29 is 9.63 Å². The fourth-order valence-corrected chi connectivity index (χ4v) is 1.52. The largest absolute Gasteiger partial charge is 0.388 e. The van der Waals surface area contributed by atoms with Gasteiger partial charge in [-0.1, -0.05) is 42.4 Å². The normalized spacial score (nSPS) is 12.7. The summed E-state index contributed by atoms with van der Waals surface area (Å²) >= 11 is 0. The standard InChI is InChI=1S/C12H13NO2/c1-9(10-5-3-2-4-6-10)12-7-11(8-14)15-13-12/h2-7,9,14H,8H2,1H3. The Bertz CT molecular complexity index is 422. The maximum absolute atomic E-state index is 8.87. The zero-order chi connectivity index (χ0) is 10.7. The number of nitrogens with zero attached hydrogens (tertiary/aromatic N) is 1. The SMILES string of the molecule is CC(c1ccccc1)c1cc(CO)on1. The molecule has 78 valence electrons. The minimum absolute atomic E-state index is 0.103. The Morgan fingerprint density at radius 3 is 2.67 bits per heavy atom. The molecule has 15 heavy (non-hydrogen) atoms. The van der Waals surface area contributed by atoms with Crippen LogP contribution in [0.3, 0.4) is 0 Å². The molecule has 0 fully saturated rings. The van der Waals surface area contributed by atoms with E-state index >= 15 is 0 Å². The summed E-state index contributed by atoms with van der Waals surface area (Å²) in [5, 5.41) is 12.8. The predicted molar refractivity (Wildman–Crippen MR) is 56.4 cm³/mol. The third-order valence-electron chi connectivity index (χ3n) is 2.48. The van der Waals surface area contributed by atoms with E-state index in [0.29, 0.717) is 5.76 Å². The first-order valence-electron chi connectivity index (χ1n) is 4.92. The molecule has 2 rings (SSSR count). The first kappa shape index (κ1) is 9.93. The van der Waals surface area contributed by atoms with E-state index < -0.39 is 0 Å². The van der Waals surface area contributed by atoms with Gasteiger partial charge in [-0.25, -0.2) is 0 Å². The monoisotopic (exact) mass is 203 g/mol. The van der Waals surface area contributed by atoms with Crippen LogP contribution >= 0.6 is 0 Å². The highest BCUT2D eigenvalue weighted by Gasteiger charge is 2.12. The summed E-state index contributed by atoms with van der Waals surface area (Å²) in [6.07, 6.45) is 0. The molecule has 0 saturated heterocycles. The van der Waals surface area contributed by atoms with Crippen LogP contribution < -0.4 is 0 Å². The molecule has 1 heterocycles. The van der Waals surface area contributed by atoms with Crippen LogP contribution in [0.1, 0.15) is 29.9 Å². The molecule has 0 aliphatic rings. The summed E-state index contributed by atoms with van der Waals surface area (Å²) in [5.74, 6) is 0.697. The van der Waals surface area contributed by atoms with Gasteiger partial charge in [-0.05, 0) is 5.56 Å². The van der Waals surface area contributed by atoms with Gasteiger partial charge in [-0.15, -0.1) is 0 Å². The van der Waals surface area contributed by atoms with Crippen molar-refractivity contribution in [2.75, 3.05) is 0 Å². The van der Waals surface area contributed by atoms with Crippen molar-refractivity contribution in [1.82, 2.24) is 5.16 Å². The molecule has 1 unspecified atom stereocenters. The highest BCUT2D eigenvalue weighted by atomic mass is 16.5. The highest BCUT2D eigenvalue weighted by molar-refractivity contribution is 5.27. The van der Waals surface area contributed by atoms with Crippen LogP contribution in [0.5, 0.6) is 0 Å². The average molecular weight is 203 g/mol. The lowest BCUT2D eigenvalue weighted by molar-refractivity contribution is 0.228. The van der Waals surface area contributed by atoms with Gasteiger partial charge in [0.05, 0.1) is 5.69 Å². The molecular formula is C12H13NO2. The summed E-state index contributed by atoms with van der Waals surface area (Å²) in [4.78, 5) is 0. The lowest BCUT2D eigenvalue weighted by atomic mass is 9.98. The molecule has 1 aromatic heterocycles. The summed E-state index contributed by atoms with van der Waals surface area (Å²) in [6.45, 7) is 1.96. The van der Waals surface area contributed by atoms with Gasteiger partial charge in [0.1, 0.15) is 6.61 Å². The smallest absolute Gasteiger partial charge is 0.162 e. The number of hydrogen-bond donors (Lipinski definition) is 1. The van der Waals surface area contributed by atoms with Crippen molar-refractivity contribution in [2.45, 2.75) is 19.4 Å².